The molecule has 35 heavy (non-hydrogen) atoms. The van der Waals surface area contributed by atoms with Crippen LogP contribution in [0, 0.1) is 31.6 Å². The predicted molar refractivity (Wildman–Crippen MR) is 136 cm³/mol. The Balaban J connectivity index is 1.40. The van der Waals surface area contributed by atoms with Crippen molar-refractivity contribution >= 4 is 17.5 Å². The summed E-state index contributed by atoms with van der Waals surface area (Å²) in [5.74, 6) is 3.46. The minimum atomic E-state index is -0.343. The average molecular weight is 478 g/mol. The average Bonchev–Trinajstić information content (AvgIpc) is 3.35. The van der Waals surface area contributed by atoms with Crippen molar-refractivity contribution in [2.75, 3.05) is 18.4 Å². The summed E-state index contributed by atoms with van der Waals surface area (Å²) < 4.78 is 2.36. The zero-order valence-corrected chi connectivity index (χ0v) is 21.8. The Labute approximate surface area is 208 Å². The summed E-state index contributed by atoms with van der Waals surface area (Å²) in [6, 6.07) is 6.49. The molecule has 5 rings (SSSR count). The molecule has 2 aliphatic carbocycles. The van der Waals surface area contributed by atoms with Gasteiger partial charge in [0.25, 0.3) is 0 Å². The van der Waals surface area contributed by atoms with Gasteiger partial charge in [0.2, 0.25) is 11.8 Å². The number of benzene rings is 1. The number of carbonyl (C=O) groups excluding carboxylic acids is 2. The Morgan fingerprint density at radius 3 is 2.43 bits per heavy atom. The Morgan fingerprint density at radius 2 is 1.80 bits per heavy atom. The van der Waals surface area contributed by atoms with Gasteiger partial charge in [-0.15, -0.1) is 10.2 Å². The molecule has 2 amide bonds. The van der Waals surface area contributed by atoms with Crippen LogP contribution >= 0.6 is 0 Å². The summed E-state index contributed by atoms with van der Waals surface area (Å²) in [5.41, 5.74) is 3.04. The number of nitrogens with zero attached hydrogens (tertiary/aromatic N) is 4. The minimum absolute atomic E-state index is 0.00467. The van der Waals surface area contributed by atoms with E-state index in [0.29, 0.717) is 25.0 Å². The third kappa shape index (κ3) is 4.87. The van der Waals surface area contributed by atoms with Crippen molar-refractivity contribution in [1.82, 2.24) is 19.7 Å². The largest absolute Gasteiger partial charge is 0.341 e. The highest BCUT2D eigenvalue weighted by molar-refractivity contribution is 5.94. The molecule has 1 aromatic carbocycles. The molecule has 0 spiro atoms. The maximum absolute atomic E-state index is 13.5. The van der Waals surface area contributed by atoms with E-state index in [1.54, 1.807) is 11.8 Å². The van der Waals surface area contributed by atoms with Crippen LogP contribution in [0.15, 0.2) is 18.2 Å². The standard InChI is InChI=1S/C28H39N5O2/c1-16(2)10-20-12-21(13-20)26-30-31-27(33(26)22-7-8-22)23-14-32(19(5)34)15-24(23)28(35)29-25-9-6-17(3)11-18(25)4/h6,9,11,16,20-24H,7-8,10,12-15H2,1-5H3,(H,29,35)/t20-,21-,23-,24-/m0/s1. The highest BCUT2D eigenvalue weighted by atomic mass is 16.2. The number of hydrogen-bond acceptors (Lipinski definition) is 4. The van der Waals surface area contributed by atoms with Crippen LogP contribution in [0.25, 0.3) is 0 Å². The van der Waals surface area contributed by atoms with Crippen molar-refractivity contribution in [3.8, 4) is 0 Å². The van der Waals surface area contributed by atoms with E-state index in [4.69, 9.17) is 10.2 Å². The quantitative estimate of drug-likeness (QED) is 0.611. The van der Waals surface area contributed by atoms with Gasteiger partial charge < -0.3 is 14.8 Å². The number of likely N-dealkylation sites (tertiary alicyclic amines) is 1. The fourth-order valence-electron chi connectivity index (χ4n) is 6.13. The van der Waals surface area contributed by atoms with Gasteiger partial charge in [-0.05, 0) is 69.4 Å². The first-order valence-electron chi connectivity index (χ1n) is 13.3. The summed E-state index contributed by atoms with van der Waals surface area (Å²) in [5, 5.41) is 12.6. The minimum Gasteiger partial charge on any atom is -0.341 e. The second-order valence-electron chi connectivity index (χ2n) is 11.6. The van der Waals surface area contributed by atoms with Crippen LogP contribution in [-0.2, 0) is 9.59 Å². The smallest absolute Gasteiger partial charge is 0.230 e. The summed E-state index contributed by atoms with van der Waals surface area (Å²) in [6.07, 6.45) is 5.93. The van der Waals surface area contributed by atoms with Crippen molar-refractivity contribution in [3.05, 3.63) is 41.0 Å². The lowest BCUT2D eigenvalue weighted by Crippen LogP contribution is -2.31. The van der Waals surface area contributed by atoms with Gasteiger partial charge in [0.05, 0.1) is 11.8 Å². The summed E-state index contributed by atoms with van der Waals surface area (Å²) in [7, 11) is 0. The molecule has 7 heteroatoms. The number of anilines is 1. The molecule has 0 bridgehead atoms. The molecule has 0 unspecified atom stereocenters. The normalized spacial score (nSPS) is 26.2. The van der Waals surface area contributed by atoms with E-state index in [-0.39, 0.29) is 23.7 Å². The van der Waals surface area contributed by atoms with Gasteiger partial charge in [-0.1, -0.05) is 31.5 Å². The van der Waals surface area contributed by atoms with Gasteiger partial charge in [-0.25, -0.2) is 0 Å². The van der Waals surface area contributed by atoms with Crippen LogP contribution < -0.4 is 5.32 Å². The lowest BCUT2D eigenvalue weighted by Gasteiger charge is -2.36. The van der Waals surface area contributed by atoms with Gasteiger partial charge in [-0.2, -0.15) is 0 Å². The molecule has 0 radical (unpaired) electrons. The molecule has 2 atom stereocenters. The van der Waals surface area contributed by atoms with Gasteiger partial charge in [0.1, 0.15) is 11.6 Å². The number of aryl methyl sites for hydroxylation is 2. The molecular weight excluding hydrogens is 438 g/mol. The third-order valence-electron chi connectivity index (χ3n) is 8.14. The number of carbonyl (C=O) groups is 2. The first-order chi connectivity index (χ1) is 16.7. The SMILES string of the molecule is CC(=O)N1C[C@H](C(=O)Nc2ccc(C)cc2C)[C@@H](c2nnc([C@H]3C[C@H](CC(C)C)C3)n2C2CC2)C1. The summed E-state index contributed by atoms with van der Waals surface area (Å²) >= 11 is 0. The summed E-state index contributed by atoms with van der Waals surface area (Å²) in [6.45, 7) is 11.2. The van der Waals surface area contributed by atoms with Crippen LogP contribution in [0.4, 0.5) is 5.69 Å². The molecule has 1 saturated heterocycles. The van der Waals surface area contributed by atoms with Gasteiger partial charge in [0.15, 0.2) is 0 Å². The Bertz CT molecular complexity index is 1110. The van der Waals surface area contributed by atoms with Crippen LogP contribution in [0.2, 0.25) is 0 Å². The van der Waals surface area contributed by atoms with E-state index in [9.17, 15) is 9.59 Å². The van der Waals surface area contributed by atoms with Crippen molar-refractivity contribution in [3.63, 3.8) is 0 Å². The van der Waals surface area contributed by atoms with E-state index in [0.717, 1.165) is 47.6 Å². The van der Waals surface area contributed by atoms with Gasteiger partial charge >= 0.3 is 0 Å². The van der Waals surface area contributed by atoms with Crippen molar-refractivity contribution < 1.29 is 9.59 Å². The van der Waals surface area contributed by atoms with E-state index in [2.05, 4.69) is 29.8 Å². The number of amides is 2. The molecule has 2 heterocycles. The highest BCUT2D eigenvalue weighted by Gasteiger charge is 2.45. The van der Waals surface area contributed by atoms with E-state index in [1.165, 1.54) is 24.8 Å². The van der Waals surface area contributed by atoms with Gasteiger partial charge in [-0.3, -0.25) is 9.59 Å². The monoisotopic (exact) mass is 477 g/mol. The summed E-state index contributed by atoms with van der Waals surface area (Å²) in [4.78, 5) is 27.7. The first-order valence-corrected chi connectivity index (χ1v) is 13.3. The fraction of sp³-hybridized carbons (Fsp3) is 0.643. The van der Waals surface area contributed by atoms with Crippen LogP contribution in [-0.4, -0.2) is 44.6 Å². The van der Waals surface area contributed by atoms with Crippen molar-refractivity contribution in [1.29, 1.82) is 0 Å². The lowest BCUT2D eigenvalue weighted by molar-refractivity contribution is -0.128. The third-order valence-corrected chi connectivity index (χ3v) is 8.14. The molecule has 2 aromatic rings. The van der Waals surface area contributed by atoms with E-state index in [1.807, 2.05) is 26.0 Å². The Morgan fingerprint density at radius 1 is 1.09 bits per heavy atom. The Hall–Kier alpha value is -2.70. The van der Waals surface area contributed by atoms with E-state index >= 15 is 0 Å². The molecule has 1 aromatic heterocycles. The second kappa shape index (κ2) is 9.40. The number of hydrogen-bond donors (Lipinski definition) is 1. The molecule has 1 aliphatic heterocycles. The Kier molecular flexibility index (Phi) is 6.45. The molecule has 3 fully saturated rings. The molecular formula is C28H39N5O2. The predicted octanol–water partition coefficient (Wildman–Crippen LogP) is 4.97. The molecule has 1 N–H and O–H groups in total. The number of aromatic nitrogens is 3. The molecule has 188 valence electrons. The number of nitrogens with one attached hydrogen (secondary N) is 1. The zero-order chi connectivity index (χ0) is 24.9. The molecule has 2 saturated carbocycles. The maximum Gasteiger partial charge on any atom is 0.230 e. The lowest BCUT2D eigenvalue weighted by atomic mass is 9.71. The highest BCUT2D eigenvalue weighted by Crippen LogP contribution is 2.48. The van der Waals surface area contributed by atoms with Crippen molar-refractivity contribution in [2.24, 2.45) is 17.8 Å². The maximum atomic E-state index is 13.5. The van der Waals surface area contributed by atoms with Crippen LogP contribution in [0.3, 0.4) is 0 Å². The number of rotatable bonds is 7. The van der Waals surface area contributed by atoms with Crippen molar-refractivity contribution in [2.45, 2.75) is 84.6 Å². The molecule has 3 aliphatic rings. The van der Waals surface area contributed by atoms with E-state index < -0.39 is 0 Å². The van der Waals surface area contributed by atoms with Crippen LogP contribution in [0.1, 0.15) is 93.5 Å². The topological polar surface area (TPSA) is 80.1 Å². The fourth-order valence-corrected chi connectivity index (χ4v) is 6.13. The first kappa shape index (κ1) is 24.0. The van der Waals surface area contributed by atoms with Gasteiger partial charge in [0, 0.05) is 37.7 Å². The van der Waals surface area contributed by atoms with Crippen LogP contribution in [0.5, 0.6) is 0 Å². The molecule has 7 nitrogen and oxygen atoms in total. The zero-order valence-electron chi connectivity index (χ0n) is 21.8. The second-order valence-corrected chi connectivity index (χ2v) is 11.6.